The first kappa shape index (κ1) is 16.5. The number of hydrogen-bond acceptors (Lipinski definition) is 3. The molecule has 3 nitrogen and oxygen atoms in total. The van der Waals surface area contributed by atoms with Gasteiger partial charge in [0, 0.05) is 6.08 Å². The molecule has 23 heavy (non-hydrogen) atoms. The van der Waals surface area contributed by atoms with Crippen LogP contribution >= 0.6 is 0 Å². The van der Waals surface area contributed by atoms with E-state index in [1.54, 1.807) is 30.3 Å². The van der Waals surface area contributed by atoms with Gasteiger partial charge in [-0.25, -0.2) is 4.79 Å². The summed E-state index contributed by atoms with van der Waals surface area (Å²) in [5, 5.41) is 8.74. The first-order chi connectivity index (χ1) is 11.2. The molecule has 0 aliphatic rings. The second-order valence-corrected chi connectivity index (χ2v) is 5.24. The van der Waals surface area contributed by atoms with Crippen LogP contribution in [-0.2, 0) is 11.2 Å². The van der Waals surface area contributed by atoms with Crippen molar-refractivity contribution in [2.24, 2.45) is 0 Å². The van der Waals surface area contributed by atoms with Gasteiger partial charge in [0.05, 0.1) is 11.6 Å². The van der Waals surface area contributed by atoms with Crippen LogP contribution in [0.15, 0.2) is 54.6 Å². The predicted octanol–water partition coefficient (Wildman–Crippen LogP) is 4.52. The van der Waals surface area contributed by atoms with E-state index >= 15 is 0 Å². The lowest BCUT2D eigenvalue weighted by Crippen LogP contribution is -2.03. The summed E-state index contributed by atoms with van der Waals surface area (Å²) in [5.41, 5.74) is 2.68. The van der Waals surface area contributed by atoms with Gasteiger partial charge in [-0.1, -0.05) is 37.6 Å². The lowest BCUT2D eigenvalue weighted by atomic mass is 10.1. The number of esters is 1. The Labute approximate surface area is 136 Å². The highest BCUT2D eigenvalue weighted by Gasteiger charge is 2.01. The Morgan fingerprint density at radius 2 is 1.83 bits per heavy atom. The fourth-order valence-electron chi connectivity index (χ4n) is 2.09. The van der Waals surface area contributed by atoms with E-state index in [0.717, 1.165) is 24.8 Å². The Kier molecular flexibility index (Phi) is 6.14. The molecule has 0 aromatic heterocycles. The van der Waals surface area contributed by atoms with Crippen LogP contribution in [0.4, 0.5) is 0 Å². The fraction of sp³-hybridized carbons (Fsp3) is 0.200. The Bertz CT molecular complexity index is 707. The summed E-state index contributed by atoms with van der Waals surface area (Å²) in [6.07, 6.45) is 6.41. The second-order valence-electron chi connectivity index (χ2n) is 5.24. The van der Waals surface area contributed by atoms with Crippen molar-refractivity contribution < 1.29 is 9.53 Å². The molecule has 0 unspecified atom stereocenters. The van der Waals surface area contributed by atoms with Gasteiger partial charge in [0.25, 0.3) is 0 Å². The van der Waals surface area contributed by atoms with Crippen molar-refractivity contribution in [2.75, 3.05) is 0 Å². The predicted molar refractivity (Wildman–Crippen MR) is 90.9 cm³/mol. The van der Waals surface area contributed by atoms with E-state index in [0.29, 0.717) is 11.3 Å². The van der Waals surface area contributed by atoms with Crippen LogP contribution in [0.5, 0.6) is 5.75 Å². The molecular formula is C20H19NO2. The number of nitrogens with zero attached hydrogens (tertiary/aromatic N) is 1. The van der Waals surface area contributed by atoms with Crippen molar-refractivity contribution in [3.63, 3.8) is 0 Å². The number of aryl methyl sites for hydroxylation is 1. The molecule has 2 aromatic rings. The third kappa shape index (κ3) is 5.44. The highest BCUT2D eigenvalue weighted by atomic mass is 16.5. The summed E-state index contributed by atoms with van der Waals surface area (Å²) in [7, 11) is 0. The summed E-state index contributed by atoms with van der Waals surface area (Å²) in [6, 6.07) is 16.6. The van der Waals surface area contributed by atoms with Crippen molar-refractivity contribution in [1.82, 2.24) is 0 Å². The third-order valence-corrected chi connectivity index (χ3v) is 3.41. The molecular weight excluding hydrogens is 286 g/mol. The zero-order valence-electron chi connectivity index (χ0n) is 13.2. The number of benzene rings is 2. The Morgan fingerprint density at radius 1 is 1.13 bits per heavy atom. The molecule has 0 saturated heterocycles. The van der Waals surface area contributed by atoms with Gasteiger partial charge in [-0.2, -0.15) is 5.26 Å². The van der Waals surface area contributed by atoms with E-state index in [1.807, 2.05) is 24.3 Å². The zero-order chi connectivity index (χ0) is 16.5. The van der Waals surface area contributed by atoms with Gasteiger partial charge < -0.3 is 4.74 Å². The van der Waals surface area contributed by atoms with E-state index < -0.39 is 5.97 Å². The minimum Gasteiger partial charge on any atom is -0.423 e. The zero-order valence-corrected chi connectivity index (χ0v) is 13.2. The molecule has 116 valence electrons. The van der Waals surface area contributed by atoms with Crippen LogP contribution in [0.3, 0.4) is 0 Å². The molecule has 0 heterocycles. The summed E-state index contributed by atoms with van der Waals surface area (Å²) in [4.78, 5) is 11.8. The van der Waals surface area contributed by atoms with Crippen LogP contribution in [0.1, 0.15) is 36.5 Å². The Morgan fingerprint density at radius 3 is 2.43 bits per heavy atom. The minimum atomic E-state index is -0.421. The number of hydrogen-bond donors (Lipinski definition) is 0. The lowest BCUT2D eigenvalue weighted by Gasteiger charge is -2.03. The quantitative estimate of drug-likeness (QED) is 0.448. The molecule has 3 heteroatoms. The minimum absolute atomic E-state index is 0.421. The highest BCUT2D eigenvalue weighted by molar-refractivity contribution is 5.88. The second kappa shape index (κ2) is 8.55. The van der Waals surface area contributed by atoms with Crippen molar-refractivity contribution in [2.45, 2.75) is 26.2 Å². The topological polar surface area (TPSA) is 50.1 Å². The number of carbonyl (C=O) groups excluding carboxylic acids is 1. The molecule has 2 rings (SSSR count). The molecule has 0 aliphatic heterocycles. The smallest absolute Gasteiger partial charge is 0.336 e. The average Bonchev–Trinajstić information content (AvgIpc) is 2.60. The Hall–Kier alpha value is -2.86. The number of ether oxygens (including phenoxy) is 1. The van der Waals surface area contributed by atoms with Crippen LogP contribution < -0.4 is 4.74 Å². The molecule has 2 aromatic carbocycles. The van der Waals surface area contributed by atoms with E-state index in [9.17, 15) is 4.79 Å². The fourth-order valence-corrected chi connectivity index (χ4v) is 2.09. The summed E-state index contributed by atoms with van der Waals surface area (Å²) in [6.45, 7) is 2.16. The van der Waals surface area contributed by atoms with Crippen molar-refractivity contribution in [3.8, 4) is 11.8 Å². The molecule has 0 atom stereocenters. The Balaban J connectivity index is 1.90. The van der Waals surface area contributed by atoms with Gasteiger partial charge in [0.2, 0.25) is 0 Å². The van der Waals surface area contributed by atoms with Crippen molar-refractivity contribution >= 4 is 12.0 Å². The summed E-state index contributed by atoms with van der Waals surface area (Å²) in [5.74, 6) is 0.121. The molecule has 0 radical (unpaired) electrons. The van der Waals surface area contributed by atoms with Gasteiger partial charge in [-0.15, -0.1) is 0 Å². The largest absolute Gasteiger partial charge is 0.423 e. The first-order valence-corrected chi connectivity index (χ1v) is 7.70. The molecule has 0 N–H and O–H groups in total. The maximum atomic E-state index is 11.8. The normalized spacial score (nSPS) is 10.4. The van der Waals surface area contributed by atoms with E-state index in [2.05, 4.69) is 13.0 Å². The molecule has 0 fully saturated rings. The summed E-state index contributed by atoms with van der Waals surface area (Å²) >= 11 is 0. The van der Waals surface area contributed by atoms with Crippen molar-refractivity contribution in [1.29, 1.82) is 5.26 Å². The molecule has 0 aliphatic carbocycles. The molecule has 0 bridgehead atoms. The molecule has 0 spiro atoms. The monoisotopic (exact) mass is 305 g/mol. The van der Waals surface area contributed by atoms with Crippen LogP contribution in [0.2, 0.25) is 0 Å². The number of carbonyl (C=O) groups is 1. The number of rotatable bonds is 6. The maximum absolute atomic E-state index is 11.8. The van der Waals surface area contributed by atoms with Crippen LogP contribution in [0, 0.1) is 11.3 Å². The van der Waals surface area contributed by atoms with Crippen LogP contribution in [-0.4, -0.2) is 5.97 Å². The van der Waals surface area contributed by atoms with E-state index in [-0.39, 0.29) is 0 Å². The number of unbranched alkanes of at least 4 members (excludes halogenated alkanes) is 1. The highest BCUT2D eigenvalue weighted by Crippen LogP contribution is 2.14. The van der Waals surface area contributed by atoms with E-state index in [1.165, 1.54) is 11.6 Å². The summed E-state index contributed by atoms with van der Waals surface area (Å²) < 4.78 is 5.26. The molecule has 0 saturated carbocycles. The lowest BCUT2D eigenvalue weighted by molar-refractivity contribution is -0.128. The van der Waals surface area contributed by atoms with Crippen LogP contribution in [0.25, 0.3) is 6.08 Å². The van der Waals surface area contributed by atoms with Gasteiger partial charge >= 0.3 is 5.97 Å². The average molecular weight is 305 g/mol. The van der Waals surface area contributed by atoms with E-state index in [4.69, 9.17) is 10.00 Å². The maximum Gasteiger partial charge on any atom is 0.336 e. The number of nitriles is 1. The third-order valence-electron chi connectivity index (χ3n) is 3.41. The standard InChI is InChI=1S/C20H19NO2/c1-2-3-4-16-9-12-19(13-10-16)23-20(22)14-11-17-5-7-18(15-21)8-6-17/h5-14H,2-4H2,1H3. The SMILES string of the molecule is CCCCc1ccc(OC(=O)C=Cc2ccc(C#N)cc2)cc1. The van der Waals surface area contributed by atoms with Gasteiger partial charge in [0.1, 0.15) is 5.75 Å². The van der Waals surface area contributed by atoms with Crippen molar-refractivity contribution in [3.05, 3.63) is 71.3 Å². The molecule has 0 amide bonds. The van der Waals surface area contributed by atoms with Gasteiger partial charge in [0.15, 0.2) is 0 Å². The van der Waals surface area contributed by atoms with Gasteiger partial charge in [-0.3, -0.25) is 0 Å². The first-order valence-electron chi connectivity index (χ1n) is 7.70. The van der Waals surface area contributed by atoms with Gasteiger partial charge in [-0.05, 0) is 54.3 Å².